The van der Waals surface area contributed by atoms with Crippen molar-refractivity contribution in [3.05, 3.63) is 47.5 Å². The number of nitrogens with one attached hydrogen (secondary N) is 1. The van der Waals surface area contributed by atoms with E-state index in [9.17, 15) is 9.90 Å². The first kappa shape index (κ1) is 15.6. The van der Waals surface area contributed by atoms with Crippen molar-refractivity contribution in [2.24, 2.45) is 5.41 Å². The molecule has 0 radical (unpaired) electrons. The van der Waals surface area contributed by atoms with Crippen LogP contribution < -0.4 is 5.32 Å². The van der Waals surface area contributed by atoms with Gasteiger partial charge in [0.1, 0.15) is 0 Å². The Morgan fingerprint density at radius 2 is 1.95 bits per heavy atom. The lowest BCUT2D eigenvalue weighted by molar-refractivity contribution is -0.117. The van der Waals surface area contributed by atoms with Gasteiger partial charge in [-0.3, -0.25) is 4.79 Å². The number of hydrogen-bond donors (Lipinski definition) is 2. The number of hydrogen-bond acceptors (Lipinski definition) is 3. The fourth-order valence-electron chi connectivity index (χ4n) is 2.97. The summed E-state index contributed by atoms with van der Waals surface area (Å²) >= 11 is 1.95. The first-order valence-corrected chi connectivity index (χ1v) is 9.13. The van der Waals surface area contributed by atoms with Gasteiger partial charge in [0.05, 0.1) is 6.10 Å². The molecule has 1 heterocycles. The molecule has 2 aliphatic rings. The summed E-state index contributed by atoms with van der Waals surface area (Å²) < 4.78 is 0. The average molecular weight is 317 g/mol. The van der Waals surface area contributed by atoms with Gasteiger partial charge in [0, 0.05) is 18.0 Å². The highest BCUT2D eigenvalue weighted by atomic mass is 32.2. The molecular weight excluding hydrogens is 294 g/mol. The summed E-state index contributed by atoms with van der Waals surface area (Å²) in [6, 6.07) is 9.74. The Morgan fingerprint density at radius 1 is 1.27 bits per heavy atom. The molecule has 1 aliphatic carbocycles. The van der Waals surface area contributed by atoms with Crippen molar-refractivity contribution in [2.45, 2.75) is 31.8 Å². The van der Waals surface area contributed by atoms with E-state index in [1.807, 2.05) is 42.1 Å². The first-order chi connectivity index (χ1) is 10.7. The lowest BCUT2D eigenvalue weighted by atomic mass is 9.92. The minimum atomic E-state index is -0.493. The van der Waals surface area contributed by atoms with Crippen LogP contribution in [0.4, 0.5) is 0 Å². The molecule has 118 valence electrons. The Labute approximate surface area is 136 Å². The Morgan fingerprint density at radius 3 is 2.59 bits per heavy atom. The van der Waals surface area contributed by atoms with Crippen LogP contribution in [0.25, 0.3) is 0 Å². The molecule has 4 heteroatoms. The van der Waals surface area contributed by atoms with E-state index >= 15 is 0 Å². The summed E-state index contributed by atoms with van der Waals surface area (Å²) in [4.78, 5) is 12.1. The summed E-state index contributed by atoms with van der Waals surface area (Å²) in [6.45, 7) is 0.556. The fraction of sp³-hybridized carbons (Fsp3) is 0.500. The van der Waals surface area contributed by atoms with E-state index < -0.39 is 6.10 Å². The molecule has 3 rings (SSSR count). The maximum atomic E-state index is 12.1. The van der Waals surface area contributed by atoms with Crippen LogP contribution in [-0.4, -0.2) is 29.1 Å². The third-order valence-electron chi connectivity index (χ3n) is 4.67. The van der Waals surface area contributed by atoms with Crippen molar-refractivity contribution in [1.82, 2.24) is 5.32 Å². The van der Waals surface area contributed by atoms with Crippen molar-refractivity contribution in [3.63, 3.8) is 0 Å². The normalized spacial score (nSPS) is 21.0. The van der Waals surface area contributed by atoms with Gasteiger partial charge in [-0.05, 0) is 42.8 Å². The maximum absolute atomic E-state index is 12.1. The number of carbonyl (C=O) groups excluding carboxylic acids is 1. The van der Waals surface area contributed by atoms with E-state index in [0.29, 0.717) is 6.54 Å². The van der Waals surface area contributed by atoms with Gasteiger partial charge in [0.15, 0.2) is 0 Å². The number of aliphatic hydroxyl groups excluding tert-OH is 1. The average Bonchev–Trinajstić information content (AvgIpc) is 3.35. The van der Waals surface area contributed by atoms with Crippen molar-refractivity contribution in [2.75, 3.05) is 18.1 Å². The zero-order valence-electron chi connectivity index (χ0n) is 12.8. The number of rotatable bonds is 5. The smallest absolute Gasteiger partial charge is 0.243 e. The monoisotopic (exact) mass is 317 g/mol. The quantitative estimate of drug-likeness (QED) is 0.821. The second kappa shape index (κ2) is 6.88. The second-order valence-electron chi connectivity index (χ2n) is 6.31. The van der Waals surface area contributed by atoms with Gasteiger partial charge in [0.25, 0.3) is 0 Å². The van der Waals surface area contributed by atoms with Gasteiger partial charge >= 0.3 is 0 Å². The Kier molecular flexibility index (Phi) is 4.89. The highest BCUT2D eigenvalue weighted by molar-refractivity contribution is 7.99. The number of aliphatic hydroxyl groups is 1. The number of benzene rings is 1. The molecule has 0 aromatic heterocycles. The molecule has 1 atom stereocenters. The maximum Gasteiger partial charge on any atom is 0.243 e. The van der Waals surface area contributed by atoms with E-state index in [2.05, 4.69) is 5.32 Å². The van der Waals surface area contributed by atoms with E-state index in [0.717, 1.165) is 42.8 Å². The lowest BCUT2D eigenvalue weighted by Crippen LogP contribution is -2.32. The van der Waals surface area contributed by atoms with Gasteiger partial charge in [-0.1, -0.05) is 35.9 Å². The summed E-state index contributed by atoms with van der Waals surface area (Å²) in [6.07, 6.45) is 5.26. The van der Waals surface area contributed by atoms with Crippen LogP contribution >= 0.6 is 11.8 Å². The summed E-state index contributed by atoms with van der Waals surface area (Å²) in [5.74, 6) is 2.24. The van der Waals surface area contributed by atoms with Crippen molar-refractivity contribution in [3.8, 4) is 0 Å². The van der Waals surface area contributed by atoms with E-state index in [1.54, 1.807) is 6.08 Å². The van der Waals surface area contributed by atoms with Crippen LogP contribution in [0, 0.1) is 5.41 Å². The predicted molar refractivity (Wildman–Crippen MR) is 90.7 cm³/mol. The van der Waals surface area contributed by atoms with Crippen molar-refractivity contribution >= 4 is 17.7 Å². The molecule has 1 saturated heterocycles. The second-order valence-corrected chi connectivity index (χ2v) is 7.53. The van der Waals surface area contributed by atoms with Crippen LogP contribution in [0.15, 0.2) is 42.0 Å². The molecule has 1 saturated carbocycles. The van der Waals surface area contributed by atoms with E-state index in [4.69, 9.17) is 0 Å². The van der Waals surface area contributed by atoms with Gasteiger partial charge in [-0.2, -0.15) is 11.8 Å². The van der Waals surface area contributed by atoms with Gasteiger partial charge in [-0.15, -0.1) is 0 Å². The summed E-state index contributed by atoms with van der Waals surface area (Å²) in [5.41, 5.74) is 2.03. The number of allylic oxidation sites excluding steroid dienone is 1. The molecule has 22 heavy (non-hydrogen) atoms. The van der Waals surface area contributed by atoms with Gasteiger partial charge < -0.3 is 10.4 Å². The van der Waals surface area contributed by atoms with Crippen LogP contribution in [-0.2, 0) is 4.79 Å². The molecule has 1 amide bonds. The molecule has 0 spiro atoms. The lowest BCUT2D eigenvalue weighted by Gasteiger charge is -2.23. The molecule has 1 aromatic rings. The summed E-state index contributed by atoms with van der Waals surface area (Å²) in [5, 5.41) is 13.6. The molecular formula is C18H23NO2S. The van der Waals surface area contributed by atoms with Crippen LogP contribution in [0.2, 0.25) is 0 Å². The molecule has 2 fully saturated rings. The highest BCUT2D eigenvalue weighted by Crippen LogP contribution is 2.54. The minimum Gasteiger partial charge on any atom is -0.388 e. The fourth-order valence-corrected chi connectivity index (χ4v) is 3.99. The molecule has 1 aliphatic heterocycles. The summed E-state index contributed by atoms with van der Waals surface area (Å²) in [7, 11) is 0. The molecule has 1 aromatic carbocycles. The van der Waals surface area contributed by atoms with Gasteiger partial charge in [-0.25, -0.2) is 0 Å². The number of amides is 1. The first-order valence-electron chi connectivity index (χ1n) is 7.98. The van der Waals surface area contributed by atoms with Crippen LogP contribution in [0.5, 0.6) is 0 Å². The SMILES string of the molecule is O=C(C=C1CCSCC1)NCC1(C(O)c2ccccc2)CC1. The Balaban J connectivity index is 1.55. The Hall–Kier alpha value is -1.26. The molecule has 3 nitrogen and oxygen atoms in total. The molecule has 1 unspecified atom stereocenters. The van der Waals surface area contributed by atoms with E-state index in [-0.39, 0.29) is 11.3 Å². The Bertz CT molecular complexity index is 543. The van der Waals surface area contributed by atoms with E-state index in [1.165, 1.54) is 5.57 Å². The minimum absolute atomic E-state index is 0.00608. The highest BCUT2D eigenvalue weighted by Gasteiger charge is 2.49. The van der Waals surface area contributed by atoms with Gasteiger partial charge in [0.2, 0.25) is 5.91 Å². The molecule has 0 bridgehead atoms. The zero-order valence-corrected chi connectivity index (χ0v) is 13.6. The van der Waals surface area contributed by atoms with Crippen molar-refractivity contribution in [1.29, 1.82) is 0 Å². The number of carbonyl (C=O) groups is 1. The van der Waals surface area contributed by atoms with Crippen LogP contribution in [0.3, 0.4) is 0 Å². The third-order valence-corrected chi connectivity index (χ3v) is 5.66. The van der Waals surface area contributed by atoms with Crippen molar-refractivity contribution < 1.29 is 9.90 Å². The third kappa shape index (κ3) is 3.73. The largest absolute Gasteiger partial charge is 0.388 e. The zero-order chi connectivity index (χ0) is 15.4. The topological polar surface area (TPSA) is 49.3 Å². The van der Waals surface area contributed by atoms with Crippen LogP contribution in [0.1, 0.15) is 37.4 Å². The number of thioether (sulfide) groups is 1. The predicted octanol–water partition coefficient (Wildman–Crippen LogP) is 3.07. The standard InChI is InChI=1S/C18H23NO2S/c20-16(12-14-6-10-22-11-7-14)19-13-18(8-9-18)17(21)15-4-2-1-3-5-15/h1-5,12,17,21H,6-11,13H2,(H,19,20). The molecule has 2 N–H and O–H groups in total.